The number of phenols is 1. The molecule has 6 heteroatoms. The molecule has 0 saturated carbocycles. The van der Waals surface area contributed by atoms with E-state index in [1.807, 2.05) is 24.3 Å². The Labute approximate surface area is 158 Å². The van der Waals surface area contributed by atoms with Gasteiger partial charge in [-0.1, -0.05) is 6.07 Å². The molecule has 0 radical (unpaired) electrons. The lowest BCUT2D eigenvalue weighted by Gasteiger charge is -2.28. The molecular formula is C21H24N2O4. The van der Waals surface area contributed by atoms with Gasteiger partial charge in [0, 0.05) is 24.5 Å². The molecule has 1 heterocycles. The molecule has 1 amide bonds. The number of piperidine rings is 1. The summed E-state index contributed by atoms with van der Waals surface area (Å²) in [5.74, 6) is -1.10. The number of benzene rings is 2. The number of aromatic hydroxyl groups is 1. The first-order valence-corrected chi connectivity index (χ1v) is 9.19. The van der Waals surface area contributed by atoms with E-state index in [2.05, 4.69) is 10.2 Å². The Balaban J connectivity index is 1.55. The van der Waals surface area contributed by atoms with Crippen molar-refractivity contribution in [2.75, 3.05) is 23.3 Å². The standard InChI is InChI=1S/C21H24N2O4/c1-15(27-21(26)16-6-5-7-19(24)14-16)20(25)22-17-8-10-18(11-9-17)23-12-3-2-4-13-23/h5-11,14-15,24H,2-4,12-13H2,1H3,(H,22,25)/t15-/m0/s1. The van der Waals surface area contributed by atoms with Crippen LogP contribution in [0, 0.1) is 0 Å². The summed E-state index contributed by atoms with van der Waals surface area (Å²) in [6.45, 7) is 3.64. The predicted molar refractivity (Wildman–Crippen MR) is 104 cm³/mol. The third-order valence-electron chi connectivity index (χ3n) is 4.59. The fraction of sp³-hybridized carbons (Fsp3) is 0.333. The maximum absolute atomic E-state index is 12.3. The number of hydrogen-bond donors (Lipinski definition) is 2. The van der Waals surface area contributed by atoms with E-state index >= 15 is 0 Å². The monoisotopic (exact) mass is 368 g/mol. The molecule has 1 fully saturated rings. The number of ether oxygens (including phenoxy) is 1. The Morgan fingerprint density at radius 1 is 1.07 bits per heavy atom. The van der Waals surface area contributed by atoms with Gasteiger partial charge in [-0.3, -0.25) is 4.79 Å². The molecule has 27 heavy (non-hydrogen) atoms. The highest BCUT2D eigenvalue weighted by Crippen LogP contribution is 2.22. The van der Waals surface area contributed by atoms with Crippen molar-refractivity contribution in [3.05, 3.63) is 54.1 Å². The molecule has 1 aliphatic heterocycles. The van der Waals surface area contributed by atoms with Crippen LogP contribution in [0.2, 0.25) is 0 Å². The first-order chi connectivity index (χ1) is 13.0. The molecule has 0 spiro atoms. The van der Waals surface area contributed by atoms with E-state index in [4.69, 9.17) is 4.74 Å². The third kappa shape index (κ3) is 5.00. The average molecular weight is 368 g/mol. The molecule has 0 aliphatic carbocycles. The van der Waals surface area contributed by atoms with Gasteiger partial charge in [-0.05, 0) is 68.7 Å². The van der Waals surface area contributed by atoms with Gasteiger partial charge in [-0.2, -0.15) is 0 Å². The molecule has 3 rings (SSSR count). The fourth-order valence-electron chi connectivity index (χ4n) is 3.07. The highest BCUT2D eigenvalue weighted by Gasteiger charge is 2.19. The van der Waals surface area contributed by atoms with Crippen LogP contribution in [0.3, 0.4) is 0 Å². The van der Waals surface area contributed by atoms with E-state index in [9.17, 15) is 14.7 Å². The zero-order valence-corrected chi connectivity index (χ0v) is 15.4. The van der Waals surface area contributed by atoms with Gasteiger partial charge in [0.05, 0.1) is 5.56 Å². The second-order valence-corrected chi connectivity index (χ2v) is 6.68. The van der Waals surface area contributed by atoms with Gasteiger partial charge >= 0.3 is 5.97 Å². The van der Waals surface area contributed by atoms with Gasteiger partial charge in [0.15, 0.2) is 6.10 Å². The third-order valence-corrected chi connectivity index (χ3v) is 4.59. The van der Waals surface area contributed by atoms with Crippen molar-refractivity contribution >= 4 is 23.3 Å². The second kappa shape index (κ2) is 8.58. The summed E-state index contributed by atoms with van der Waals surface area (Å²) in [4.78, 5) is 26.7. The van der Waals surface area contributed by atoms with E-state index in [-0.39, 0.29) is 11.3 Å². The van der Waals surface area contributed by atoms with Gasteiger partial charge in [-0.25, -0.2) is 4.79 Å². The van der Waals surface area contributed by atoms with Gasteiger partial charge in [0.1, 0.15) is 5.75 Å². The number of phenolic OH excluding ortho intramolecular Hbond substituents is 1. The van der Waals surface area contributed by atoms with Crippen LogP contribution < -0.4 is 10.2 Å². The molecule has 2 N–H and O–H groups in total. The SMILES string of the molecule is C[C@H](OC(=O)c1cccc(O)c1)C(=O)Nc1ccc(N2CCCCC2)cc1. The quantitative estimate of drug-likeness (QED) is 0.789. The van der Waals surface area contributed by atoms with Gasteiger partial charge in [0.25, 0.3) is 5.91 Å². The number of nitrogens with one attached hydrogen (secondary N) is 1. The topological polar surface area (TPSA) is 78.9 Å². The van der Waals surface area contributed by atoms with Crippen molar-refractivity contribution in [1.29, 1.82) is 0 Å². The number of nitrogens with zero attached hydrogens (tertiary/aromatic N) is 1. The molecule has 1 aliphatic rings. The molecule has 0 bridgehead atoms. The summed E-state index contributed by atoms with van der Waals surface area (Å²) >= 11 is 0. The number of esters is 1. The van der Waals surface area contributed by atoms with Gasteiger partial charge < -0.3 is 20.1 Å². The summed E-state index contributed by atoms with van der Waals surface area (Å²) < 4.78 is 5.17. The molecule has 1 atom stereocenters. The maximum Gasteiger partial charge on any atom is 0.339 e. The van der Waals surface area contributed by atoms with E-state index in [1.165, 1.54) is 44.4 Å². The molecule has 6 nitrogen and oxygen atoms in total. The van der Waals surface area contributed by atoms with Crippen molar-refractivity contribution < 1.29 is 19.4 Å². The Bertz CT molecular complexity index is 798. The lowest BCUT2D eigenvalue weighted by atomic mass is 10.1. The number of carbonyl (C=O) groups is 2. The highest BCUT2D eigenvalue weighted by atomic mass is 16.5. The molecule has 0 aromatic heterocycles. The molecule has 0 unspecified atom stereocenters. The summed E-state index contributed by atoms with van der Waals surface area (Å²) in [6, 6.07) is 13.5. The first-order valence-electron chi connectivity index (χ1n) is 9.19. The smallest absolute Gasteiger partial charge is 0.339 e. The second-order valence-electron chi connectivity index (χ2n) is 6.68. The lowest BCUT2D eigenvalue weighted by Crippen LogP contribution is -2.30. The van der Waals surface area contributed by atoms with Crippen LogP contribution >= 0.6 is 0 Å². The Morgan fingerprint density at radius 2 is 1.78 bits per heavy atom. The van der Waals surface area contributed by atoms with Crippen molar-refractivity contribution in [3.8, 4) is 5.75 Å². The first kappa shape index (κ1) is 18.8. The summed E-state index contributed by atoms with van der Waals surface area (Å²) in [6.07, 6.45) is 2.74. The predicted octanol–water partition coefficient (Wildman–Crippen LogP) is 3.57. The van der Waals surface area contributed by atoms with E-state index < -0.39 is 18.0 Å². The number of amides is 1. The van der Waals surface area contributed by atoms with Crippen molar-refractivity contribution in [2.45, 2.75) is 32.3 Å². The summed E-state index contributed by atoms with van der Waals surface area (Å²) in [5.41, 5.74) is 2.00. The van der Waals surface area contributed by atoms with Crippen LogP contribution in [0.25, 0.3) is 0 Å². The van der Waals surface area contributed by atoms with Gasteiger partial charge in [0.2, 0.25) is 0 Å². The normalized spacial score (nSPS) is 15.1. The van der Waals surface area contributed by atoms with E-state index in [0.29, 0.717) is 5.69 Å². The fourth-order valence-corrected chi connectivity index (χ4v) is 3.07. The largest absolute Gasteiger partial charge is 0.508 e. The molecule has 2 aromatic rings. The van der Waals surface area contributed by atoms with Crippen LogP contribution in [0.1, 0.15) is 36.5 Å². The van der Waals surface area contributed by atoms with Crippen molar-refractivity contribution in [3.63, 3.8) is 0 Å². The maximum atomic E-state index is 12.3. The van der Waals surface area contributed by atoms with Crippen LogP contribution in [0.5, 0.6) is 5.75 Å². The summed E-state index contributed by atoms with van der Waals surface area (Å²) in [5, 5.41) is 12.2. The zero-order valence-electron chi connectivity index (χ0n) is 15.4. The van der Waals surface area contributed by atoms with Crippen LogP contribution in [-0.4, -0.2) is 36.2 Å². The van der Waals surface area contributed by atoms with Gasteiger partial charge in [-0.15, -0.1) is 0 Å². The van der Waals surface area contributed by atoms with Crippen LogP contribution in [-0.2, 0) is 9.53 Å². The minimum absolute atomic E-state index is 0.0321. The minimum atomic E-state index is -0.957. The summed E-state index contributed by atoms with van der Waals surface area (Å²) in [7, 11) is 0. The molecule has 2 aromatic carbocycles. The number of carbonyl (C=O) groups excluding carboxylic acids is 2. The van der Waals surface area contributed by atoms with Crippen LogP contribution in [0.15, 0.2) is 48.5 Å². The van der Waals surface area contributed by atoms with Crippen LogP contribution in [0.4, 0.5) is 11.4 Å². The molecular weight excluding hydrogens is 344 g/mol. The van der Waals surface area contributed by atoms with E-state index in [0.717, 1.165) is 18.8 Å². The zero-order chi connectivity index (χ0) is 19.2. The van der Waals surface area contributed by atoms with Crippen molar-refractivity contribution in [1.82, 2.24) is 0 Å². The average Bonchev–Trinajstić information content (AvgIpc) is 2.69. The number of rotatable bonds is 5. The highest BCUT2D eigenvalue weighted by molar-refractivity contribution is 5.97. The lowest BCUT2D eigenvalue weighted by molar-refractivity contribution is -0.123. The molecule has 1 saturated heterocycles. The minimum Gasteiger partial charge on any atom is -0.508 e. The van der Waals surface area contributed by atoms with Crippen molar-refractivity contribution in [2.24, 2.45) is 0 Å². The number of hydrogen-bond acceptors (Lipinski definition) is 5. The number of anilines is 2. The Morgan fingerprint density at radius 3 is 2.44 bits per heavy atom. The Kier molecular flexibility index (Phi) is 5.96. The Hall–Kier alpha value is -3.02. The molecule has 142 valence electrons. The van der Waals surface area contributed by atoms with E-state index in [1.54, 1.807) is 6.07 Å².